The van der Waals surface area contributed by atoms with E-state index in [9.17, 15) is 0 Å². The molecule has 0 unspecified atom stereocenters. The molecule has 1 N–H and O–H groups in total. The molecule has 0 saturated heterocycles. The number of anilines is 1. The number of nitrogens with zero attached hydrogens (tertiary/aromatic N) is 2. The molecule has 0 aliphatic carbocycles. The third-order valence-electron chi connectivity index (χ3n) is 8.25. The van der Waals surface area contributed by atoms with Crippen molar-refractivity contribution in [3.8, 4) is 11.1 Å². The summed E-state index contributed by atoms with van der Waals surface area (Å²) in [6, 6.07) is 14.6. The van der Waals surface area contributed by atoms with Crippen LogP contribution in [0.4, 0.5) is 5.69 Å². The van der Waals surface area contributed by atoms with Crippen molar-refractivity contribution in [2.75, 3.05) is 25.0 Å². The molecule has 0 atom stereocenters. The normalized spacial score (nSPS) is 14.4. The van der Waals surface area contributed by atoms with Crippen molar-refractivity contribution in [1.82, 2.24) is 9.88 Å². The van der Waals surface area contributed by atoms with Crippen LogP contribution in [-0.2, 0) is 23.9 Å². The van der Waals surface area contributed by atoms with Crippen LogP contribution in [0.3, 0.4) is 0 Å². The Balaban J connectivity index is 1.44. The van der Waals surface area contributed by atoms with Crippen molar-refractivity contribution in [3.05, 3.63) is 80.0 Å². The van der Waals surface area contributed by atoms with E-state index in [2.05, 4.69) is 104 Å². The maximum atomic E-state index is 6.61. The summed E-state index contributed by atoms with van der Waals surface area (Å²) in [6.07, 6.45) is 1.05. The highest BCUT2D eigenvalue weighted by Gasteiger charge is 2.37. The topological polar surface area (TPSA) is 37.4 Å². The third kappa shape index (κ3) is 6.53. The first kappa shape index (κ1) is 29.3. The second-order valence-electron chi connectivity index (χ2n) is 11.9. The van der Waals surface area contributed by atoms with Crippen LogP contribution in [-0.4, -0.2) is 37.9 Å². The standard InChI is InChI=1S/C31H41BrClN3OSi/c1-21-18-23(19-34-28-13-9-10-25(22(28)2)26-11-8-12-27(32)30(26)33)35-29-20-36(15-14-24(21)29)16-17-37-38(6,7)31(3,4)5/h8-13,18,34H,14-17,19-20H2,1-7H3. The summed E-state index contributed by atoms with van der Waals surface area (Å²) in [7, 11) is -1.72. The van der Waals surface area contributed by atoms with Gasteiger partial charge in [-0.1, -0.05) is 56.6 Å². The molecule has 7 heteroatoms. The number of aryl methyl sites for hydroxylation is 1. The maximum Gasteiger partial charge on any atom is 0.192 e. The highest BCUT2D eigenvalue weighted by atomic mass is 79.9. The van der Waals surface area contributed by atoms with Crippen LogP contribution in [0.15, 0.2) is 46.9 Å². The number of benzene rings is 2. The summed E-state index contributed by atoms with van der Waals surface area (Å²) < 4.78 is 7.35. The number of hydrogen-bond donors (Lipinski definition) is 1. The van der Waals surface area contributed by atoms with Crippen LogP contribution in [0.5, 0.6) is 0 Å². The summed E-state index contributed by atoms with van der Waals surface area (Å²) in [4.78, 5) is 7.60. The molecule has 0 radical (unpaired) electrons. The van der Waals surface area contributed by atoms with E-state index in [0.29, 0.717) is 6.54 Å². The molecule has 0 fully saturated rings. The lowest BCUT2D eigenvalue weighted by atomic mass is 9.98. The van der Waals surface area contributed by atoms with Crippen LogP contribution in [0.1, 0.15) is 48.8 Å². The van der Waals surface area contributed by atoms with Gasteiger partial charge in [-0.15, -0.1) is 0 Å². The number of halogens is 2. The predicted octanol–water partition coefficient (Wildman–Crippen LogP) is 8.77. The van der Waals surface area contributed by atoms with Gasteiger partial charge in [-0.05, 0) is 94.8 Å². The molecular weight excluding hydrogens is 574 g/mol. The molecule has 0 amide bonds. The van der Waals surface area contributed by atoms with Crippen LogP contribution in [0, 0.1) is 13.8 Å². The fourth-order valence-corrected chi connectivity index (χ4v) is 6.44. The highest BCUT2D eigenvalue weighted by Crippen LogP contribution is 2.38. The number of rotatable bonds is 8. The van der Waals surface area contributed by atoms with Gasteiger partial charge in [0.05, 0.1) is 23.0 Å². The number of nitrogens with one attached hydrogen (secondary N) is 1. The van der Waals surface area contributed by atoms with Gasteiger partial charge in [0.25, 0.3) is 0 Å². The molecule has 1 aromatic heterocycles. The van der Waals surface area contributed by atoms with Crippen molar-refractivity contribution in [1.29, 1.82) is 0 Å². The lowest BCUT2D eigenvalue weighted by Crippen LogP contribution is -2.43. The van der Waals surface area contributed by atoms with Gasteiger partial charge < -0.3 is 9.74 Å². The van der Waals surface area contributed by atoms with E-state index in [-0.39, 0.29) is 5.04 Å². The Morgan fingerprint density at radius 2 is 1.82 bits per heavy atom. The fourth-order valence-electron chi connectivity index (χ4n) is 4.82. The van der Waals surface area contributed by atoms with E-state index < -0.39 is 8.32 Å². The fraction of sp³-hybridized carbons (Fsp3) is 0.452. The van der Waals surface area contributed by atoms with Crippen LogP contribution >= 0.6 is 27.5 Å². The van der Waals surface area contributed by atoms with Gasteiger partial charge in [0.15, 0.2) is 8.32 Å². The lowest BCUT2D eigenvalue weighted by Gasteiger charge is -2.37. The zero-order chi connectivity index (χ0) is 27.7. The minimum atomic E-state index is -1.72. The van der Waals surface area contributed by atoms with Gasteiger partial charge in [-0.2, -0.15) is 0 Å². The molecule has 2 aromatic carbocycles. The van der Waals surface area contributed by atoms with Crippen molar-refractivity contribution in [2.45, 2.75) is 72.3 Å². The van der Waals surface area contributed by atoms with Gasteiger partial charge in [-0.25, -0.2) is 0 Å². The Labute approximate surface area is 243 Å². The van der Waals surface area contributed by atoms with E-state index in [0.717, 1.165) is 64.7 Å². The van der Waals surface area contributed by atoms with E-state index in [4.69, 9.17) is 21.0 Å². The molecule has 204 valence electrons. The number of fused-ring (bicyclic) bond motifs is 1. The van der Waals surface area contributed by atoms with Crippen molar-refractivity contribution in [2.24, 2.45) is 0 Å². The van der Waals surface area contributed by atoms with Crippen LogP contribution in [0.25, 0.3) is 11.1 Å². The zero-order valence-corrected chi connectivity index (χ0v) is 27.2. The Kier molecular flexibility index (Phi) is 9.10. The number of pyridine rings is 1. The molecule has 0 bridgehead atoms. The highest BCUT2D eigenvalue weighted by molar-refractivity contribution is 9.10. The first-order valence-corrected chi connectivity index (χ1v) is 17.6. The molecule has 3 aromatic rings. The monoisotopic (exact) mass is 613 g/mol. The molecule has 1 aliphatic rings. The molecule has 4 rings (SSSR count). The van der Waals surface area contributed by atoms with Gasteiger partial charge in [-0.3, -0.25) is 9.88 Å². The minimum Gasteiger partial charge on any atom is -0.416 e. The van der Waals surface area contributed by atoms with Crippen molar-refractivity contribution >= 4 is 41.5 Å². The van der Waals surface area contributed by atoms with Crippen LogP contribution < -0.4 is 5.32 Å². The van der Waals surface area contributed by atoms with E-state index >= 15 is 0 Å². The number of hydrogen-bond acceptors (Lipinski definition) is 4. The Morgan fingerprint density at radius 1 is 1.11 bits per heavy atom. The smallest absolute Gasteiger partial charge is 0.192 e. The van der Waals surface area contributed by atoms with Crippen molar-refractivity contribution in [3.63, 3.8) is 0 Å². The lowest BCUT2D eigenvalue weighted by molar-refractivity contribution is 0.184. The largest absolute Gasteiger partial charge is 0.416 e. The molecule has 38 heavy (non-hydrogen) atoms. The zero-order valence-electron chi connectivity index (χ0n) is 23.8. The Bertz CT molecular complexity index is 1310. The first-order chi connectivity index (χ1) is 17.9. The Hall–Kier alpha value is -1.70. The first-order valence-electron chi connectivity index (χ1n) is 13.5. The number of aromatic nitrogens is 1. The average molecular weight is 615 g/mol. The molecule has 1 aliphatic heterocycles. The summed E-state index contributed by atoms with van der Waals surface area (Å²) >= 11 is 10.2. The van der Waals surface area contributed by atoms with E-state index in [1.165, 1.54) is 22.4 Å². The van der Waals surface area contributed by atoms with Crippen LogP contribution in [0.2, 0.25) is 23.2 Å². The summed E-state index contributed by atoms with van der Waals surface area (Å²) in [5.74, 6) is 0. The minimum absolute atomic E-state index is 0.240. The van der Waals surface area contributed by atoms with Crippen molar-refractivity contribution < 1.29 is 4.43 Å². The van der Waals surface area contributed by atoms with Gasteiger partial charge in [0.1, 0.15) is 0 Å². The van der Waals surface area contributed by atoms with E-state index in [1.807, 2.05) is 12.1 Å². The second kappa shape index (κ2) is 11.8. The van der Waals surface area contributed by atoms with Gasteiger partial charge >= 0.3 is 0 Å². The summed E-state index contributed by atoms with van der Waals surface area (Å²) in [5.41, 5.74) is 9.48. The quantitative estimate of drug-likeness (QED) is 0.257. The summed E-state index contributed by atoms with van der Waals surface area (Å²) in [6.45, 7) is 20.3. The van der Waals surface area contributed by atoms with Gasteiger partial charge in [0.2, 0.25) is 0 Å². The second-order valence-corrected chi connectivity index (χ2v) is 18.0. The van der Waals surface area contributed by atoms with E-state index in [1.54, 1.807) is 0 Å². The molecule has 0 saturated carbocycles. The molecule has 4 nitrogen and oxygen atoms in total. The maximum absolute atomic E-state index is 6.61. The molecular formula is C31H41BrClN3OSi. The predicted molar refractivity (Wildman–Crippen MR) is 168 cm³/mol. The average Bonchev–Trinajstić information content (AvgIpc) is 2.84. The Morgan fingerprint density at radius 3 is 2.55 bits per heavy atom. The molecule has 2 heterocycles. The SMILES string of the molecule is Cc1cc(CNc2cccc(-c3cccc(Br)c3Cl)c2C)nc2c1CCN(CCO[Si](C)(C)C(C)(C)C)C2. The third-order valence-corrected chi connectivity index (χ3v) is 14.1. The molecule has 0 spiro atoms. The summed E-state index contributed by atoms with van der Waals surface area (Å²) in [5, 5.41) is 4.61. The van der Waals surface area contributed by atoms with Gasteiger partial charge in [0, 0.05) is 42.0 Å².